The van der Waals surface area contributed by atoms with Gasteiger partial charge in [-0.3, -0.25) is 4.68 Å². The first kappa shape index (κ1) is 16.3. The molecule has 1 atom stereocenters. The largest absolute Gasteiger partial charge is 0.371 e. The maximum absolute atomic E-state index is 12.5. The maximum Gasteiger partial charge on any atom is 0.317 e. The lowest BCUT2D eigenvalue weighted by molar-refractivity contribution is -0.141. The summed E-state index contributed by atoms with van der Waals surface area (Å²) in [5.41, 5.74) is 1.12. The van der Waals surface area contributed by atoms with E-state index in [1.165, 1.54) is 6.42 Å². The van der Waals surface area contributed by atoms with E-state index in [4.69, 9.17) is 4.74 Å². The first-order valence-corrected chi connectivity index (χ1v) is 8.65. The molecule has 3 rings (SSSR count). The van der Waals surface area contributed by atoms with E-state index in [0.29, 0.717) is 25.6 Å². The Balaban J connectivity index is 1.58. The van der Waals surface area contributed by atoms with E-state index in [1.54, 1.807) is 0 Å². The van der Waals surface area contributed by atoms with Crippen LogP contribution in [0.15, 0.2) is 12.3 Å². The molecular formula is C17H28N4O2. The highest BCUT2D eigenvalue weighted by molar-refractivity contribution is 5.74. The molecule has 0 bridgehead atoms. The predicted octanol–water partition coefficient (Wildman–Crippen LogP) is 2.12. The van der Waals surface area contributed by atoms with Gasteiger partial charge in [0.25, 0.3) is 0 Å². The molecule has 6 nitrogen and oxygen atoms in total. The molecule has 1 unspecified atom stereocenters. The van der Waals surface area contributed by atoms with Crippen molar-refractivity contribution in [1.29, 1.82) is 0 Å². The summed E-state index contributed by atoms with van der Waals surface area (Å²) in [6.45, 7) is 7.08. The third-order valence-electron chi connectivity index (χ3n) is 5.32. The second-order valence-electron chi connectivity index (χ2n) is 7.22. The van der Waals surface area contributed by atoms with Crippen LogP contribution < -0.4 is 5.32 Å². The molecule has 1 aromatic heterocycles. The molecule has 128 valence electrons. The zero-order chi connectivity index (χ0) is 16.4. The first-order chi connectivity index (χ1) is 11.0. The van der Waals surface area contributed by atoms with Gasteiger partial charge in [0.15, 0.2) is 0 Å². The van der Waals surface area contributed by atoms with Crippen LogP contribution in [-0.4, -0.2) is 52.6 Å². The molecule has 0 radical (unpaired) electrons. The van der Waals surface area contributed by atoms with Gasteiger partial charge < -0.3 is 15.0 Å². The van der Waals surface area contributed by atoms with Crippen molar-refractivity contribution < 1.29 is 9.53 Å². The lowest BCUT2D eigenvalue weighted by atomic mass is 9.79. The van der Waals surface area contributed by atoms with Crippen molar-refractivity contribution in [1.82, 2.24) is 20.0 Å². The third kappa shape index (κ3) is 3.37. The number of rotatable bonds is 4. The molecule has 1 aliphatic carbocycles. The van der Waals surface area contributed by atoms with Gasteiger partial charge in [0.2, 0.25) is 0 Å². The third-order valence-corrected chi connectivity index (χ3v) is 5.32. The number of urea groups is 1. The summed E-state index contributed by atoms with van der Waals surface area (Å²) in [5.74, 6) is 0.707. The SMILES string of the molecule is CC(C)C(CNC(=O)N1CCOC2(CCC2)C1)c1ccnn1C. The summed E-state index contributed by atoms with van der Waals surface area (Å²) in [6.07, 6.45) is 5.20. The quantitative estimate of drug-likeness (QED) is 0.924. The number of hydrogen-bond acceptors (Lipinski definition) is 3. The zero-order valence-electron chi connectivity index (χ0n) is 14.4. The minimum atomic E-state index is -0.0466. The van der Waals surface area contributed by atoms with Crippen LogP contribution in [0, 0.1) is 5.92 Å². The van der Waals surface area contributed by atoms with Crippen LogP contribution in [-0.2, 0) is 11.8 Å². The number of carbonyl (C=O) groups is 1. The minimum absolute atomic E-state index is 0.0346. The zero-order valence-corrected chi connectivity index (χ0v) is 14.4. The van der Waals surface area contributed by atoms with E-state index in [2.05, 4.69) is 24.3 Å². The summed E-state index contributed by atoms with van der Waals surface area (Å²) in [4.78, 5) is 14.5. The fourth-order valence-electron chi connectivity index (χ4n) is 3.63. The molecule has 2 fully saturated rings. The van der Waals surface area contributed by atoms with Gasteiger partial charge in [-0.15, -0.1) is 0 Å². The Bertz CT molecular complexity index is 551. The summed E-state index contributed by atoms with van der Waals surface area (Å²) < 4.78 is 7.78. The fourth-order valence-corrected chi connectivity index (χ4v) is 3.63. The standard InChI is InChI=1S/C17H28N4O2/c1-13(2)14(15-5-8-19-20(15)3)11-18-16(22)21-9-10-23-17(12-21)6-4-7-17/h5,8,13-14H,4,6-7,9-12H2,1-3H3,(H,18,22). The fraction of sp³-hybridized carbons (Fsp3) is 0.765. The summed E-state index contributed by atoms with van der Waals surface area (Å²) in [6, 6.07) is 2.07. The minimum Gasteiger partial charge on any atom is -0.371 e. The number of hydrogen-bond donors (Lipinski definition) is 1. The van der Waals surface area contributed by atoms with E-state index in [9.17, 15) is 4.79 Å². The van der Waals surface area contributed by atoms with E-state index in [0.717, 1.165) is 25.1 Å². The monoisotopic (exact) mass is 320 g/mol. The van der Waals surface area contributed by atoms with E-state index in [-0.39, 0.29) is 17.6 Å². The van der Waals surface area contributed by atoms with Gasteiger partial charge in [-0.1, -0.05) is 13.8 Å². The number of amides is 2. The van der Waals surface area contributed by atoms with Gasteiger partial charge in [-0.05, 0) is 31.2 Å². The molecule has 23 heavy (non-hydrogen) atoms. The normalized spacial score (nSPS) is 21.3. The van der Waals surface area contributed by atoms with Crippen LogP contribution in [0.25, 0.3) is 0 Å². The Morgan fingerprint density at radius 2 is 2.26 bits per heavy atom. The van der Waals surface area contributed by atoms with Crippen LogP contribution in [0.3, 0.4) is 0 Å². The van der Waals surface area contributed by atoms with Gasteiger partial charge in [0, 0.05) is 37.9 Å². The van der Waals surface area contributed by atoms with Crippen molar-refractivity contribution >= 4 is 6.03 Å². The number of morpholine rings is 1. The summed E-state index contributed by atoms with van der Waals surface area (Å²) in [5, 5.41) is 7.38. The summed E-state index contributed by atoms with van der Waals surface area (Å²) >= 11 is 0. The molecule has 1 saturated heterocycles. The summed E-state index contributed by atoms with van der Waals surface area (Å²) in [7, 11) is 1.95. The van der Waals surface area contributed by atoms with Crippen molar-refractivity contribution in [3.63, 3.8) is 0 Å². The molecule has 2 aliphatic rings. The van der Waals surface area contributed by atoms with Gasteiger partial charge in [-0.25, -0.2) is 4.79 Å². The Morgan fingerprint density at radius 3 is 2.83 bits per heavy atom. The van der Waals surface area contributed by atoms with Crippen LogP contribution in [0.2, 0.25) is 0 Å². The Hall–Kier alpha value is -1.56. The molecule has 1 spiro atoms. The van der Waals surface area contributed by atoms with Crippen LogP contribution in [0.5, 0.6) is 0 Å². The number of nitrogens with one attached hydrogen (secondary N) is 1. The van der Waals surface area contributed by atoms with Gasteiger partial charge in [0.1, 0.15) is 0 Å². The molecule has 0 aromatic carbocycles. The Kier molecular flexibility index (Phi) is 4.62. The second-order valence-corrected chi connectivity index (χ2v) is 7.22. The Labute approximate surface area is 138 Å². The van der Waals surface area contributed by atoms with Gasteiger partial charge >= 0.3 is 6.03 Å². The number of carbonyl (C=O) groups excluding carboxylic acids is 1. The molecule has 6 heteroatoms. The van der Waals surface area contributed by atoms with E-state index in [1.807, 2.05) is 28.9 Å². The van der Waals surface area contributed by atoms with Crippen LogP contribution in [0.1, 0.15) is 44.7 Å². The highest BCUT2D eigenvalue weighted by Crippen LogP contribution is 2.38. The first-order valence-electron chi connectivity index (χ1n) is 8.65. The van der Waals surface area contributed by atoms with Crippen molar-refractivity contribution in [3.05, 3.63) is 18.0 Å². The van der Waals surface area contributed by atoms with E-state index < -0.39 is 0 Å². The second kappa shape index (κ2) is 6.51. The topological polar surface area (TPSA) is 59.4 Å². The highest BCUT2D eigenvalue weighted by Gasteiger charge is 2.43. The van der Waals surface area contributed by atoms with Crippen LogP contribution in [0.4, 0.5) is 4.79 Å². The number of aryl methyl sites for hydroxylation is 1. The van der Waals surface area contributed by atoms with Gasteiger partial charge in [-0.2, -0.15) is 5.10 Å². The number of aromatic nitrogens is 2. The molecule has 2 heterocycles. The van der Waals surface area contributed by atoms with Crippen molar-refractivity contribution in [2.24, 2.45) is 13.0 Å². The average molecular weight is 320 g/mol. The molecule has 1 N–H and O–H groups in total. The molecule has 1 aromatic rings. The molecule has 1 aliphatic heterocycles. The average Bonchev–Trinajstić information content (AvgIpc) is 2.91. The number of nitrogens with zero attached hydrogens (tertiary/aromatic N) is 3. The Morgan fingerprint density at radius 1 is 1.48 bits per heavy atom. The predicted molar refractivity (Wildman–Crippen MR) is 88.3 cm³/mol. The van der Waals surface area contributed by atoms with E-state index >= 15 is 0 Å². The maximum atomic E-state index is 12.5. The molecular weight excluding hydrogens is 292 g/mol. The number of ether oxygens (including phenoxy) is 1. The lowest BCUT2D eigenvalue weighted by Crippen LogP contribution is -2.59. The van der Waals surface area contributed by atoms with Crippen LogP contribution >= 0.6 is 0 Å². The molecule has 1 saturated carbocycles. The van der Waals surface area contributed by atoms with Crippen molar-refractivity contribution in [2.75, 3.05) is 26.2 Å². The molecule has 2 amide bonds. The lowest BCUT2D eigenvalue weighted by Gasteiger charge is -2.48. The highest BCUT2D eigenvalue weighted by atomic mass is 16.5. The smallest absolute Gasteiger partial charge is 0.317 e. The van der Waals surface area contributed by atoms with Crippen molar-refractivity contribution in [2.45, 2.75) is 44.6 Å². The van der Waals surface area contributed by atoms with Crippen molar-refractivity contribution in [3.8, 4) is 0 Å². The van der Waals surface area contributed by atoms with Gasteiger partial charge in [0.05, 0.1) is 18.8 Å².